The third-order valence-corrected chi connectivity index (χ3v) is 5.30. The summed E-state index contributed by atoms with van der Waals surface area (Å²) in [6.07, 6.45) is 13.8. The van der Waals surface area contributed by atoms with Gasteiger partial charge in [0.2, 0.25) is 0 Å². The van der Waals surface area contributed by atoms with Crippen molar-refractivity contribution in [3.8, 4) is 0 Å². The van der Waals surface area contributed by atoms with E-state index in [9.17, 15) is 9.59 Å². The number of hydrogen-bond acceptors (Lipinski definition) is 2. The minimum Gasteiger partial charge on any atom is -0.335 e. The number of hydrogen-bond donors (Lipinski definition) is 2. The standard InChI is InChI=1S/C17H29N3O2/c21-16(18-13-11-12-13)19-17(22)20(14-7-3-1-4-8-14)15-9-5-2-6-10-15/h13-15H,1-12H2,(H2,18,19,21,22). The lowest BCUT2D eigenvalue weighted by atomic mass is 9.89. The van der Waals surface area contributed by atoms with E-state index in [2.05, 4.69) is 10.6 Å². The molecule has 0 radical (unpaired) electrons. The molecule has 5 nitrogen and oxygen atoms in total. The van der Waals surface area contributed by atoms with Gasteiger partial charge >= 0.3 is 12.1 Å². The fraction of sp³-hybridized carbons (Fsp3) is 0.882. The smallest absolute Gasteiger partial charge is 0.325 e. The van der Waals surface area contributed by atoms with Gasteiger partial charge in [0.15, 0.2) is 0 Å². The van der Waals surface area contributed by atoms with Crippen molar-refractivity contribution in [1.82, 2.24) is 15.5 Å². The number of imide groups is 1. The second-order valence-corrected chi connectivity index (χ2v) is 7.17. The highest BCUT2D eigenvalue weighted by atomic mass is 16.2. The van der Waals surface area contributed by atoms with Gasteiger partial charge in [0, 0.05) is 18.1 Å². The van der Waals surface area contributed by atoms with E-state index in [0.717, 1.165) is 38.5 Å². The van der Waals surface area contributed by atoms with Crippen molar-refractivity contribution in [2.24, 2.45) is 0 Å². The number of nitrogens with one attached hydrogen (secondary N) is 2. The Morgan fingerprint density at radius 1 is 0.727 bits per heavy atom. The Balaban J connectivity index is 1.62. The number of amides is 4. The van der Waals surface area contributed by atoms with E-state index in [4.69, 9.17) is 0 Å². The molecule has 0 unspecified atom stereocenters. The number of carbonyl (C=O) groups is 2. The van der Waals surface area contributed by atoms with Crippen molar-refractivity contribution in [2.75, 3.05) is 0 Å². The summed E-state index contributed by atoms with van der Waals surface area (Å²) in [4.78, 5) is 26.6. The number of carbonyl (C=O) groups excluding carboxylic acids is 2. The van der Waals surface area contributed by atoms with E-state index in [1.165, 1.54) is 38.5 Å². The maximum absolute atomic E-state index is 12.7. The van der Waals surface area contributed by atoms with Crippen molar-refractivity contribution < 1.29 is 9.59 Å². The van der Waals surface area contributed by atoms with Crippen LogP contribution in [-0.2, 0) is 0 Å². The molecular weight excluding hydrogens is 278 g/mol. The first-order chi connectivity index (χ1) is 10.7. The fourth-order valence-corrected chi connectivity index (χ4v) is 3.96. The number of nitrogens with zero attached hydrogens (tertiary/aromatic N) is 1. The molecule has 0 aromatic rings. The molecule has 4 amide bonds. The van der Waals surface area contributed by atoms with Gasteiger partial charge in [-0.3, -0.25) is 5.32 Å². The van der Waals surface area contributed by atoms with Crippen LogP contribution in [0.1, 0.15) is 77.0 Å². The summed E-state index contributed by atoms with van der Waals surface area (Å²) in [5.41, 5.74) is 0. The summed E-state index contributed by atoms with van der Waals surface area (Å²) in [6.45, 7) is 0. The van der Waals surface area contributed by atoms with E-state index in [1.54, 1.807) is 0 Å². The van der Waals surface area contributed by atoms with Gasteiger partial charge in [0.05, 0.1) is 0 Å². The van der Waals surface area contributed by atoms with Gasteiger partial charge in [0.25, 0.3) is 0 Å². The minimum absolute atomic E-state index is 0.169. The SMILES string of the molecule is O=C(NC(=O)N(C1CCCCC1)C1CCCCC1)NC1CC1. The minimum atomic E-state index is -0.316. The molecule has 22 heavy (non-hydrogen) atoms. The third kappa shape index (κ3) is 4.14. The lowest BCUT2D eigenvalue weighted by Gasteiger charge is -2.41. The largest absolute Gasteiger partial charge is 0.335 e. The lowest BCUT2D eigenvalue weighted by molar-refractivity contribution is 0.106. The predicted molar refractivity (Wildman–Crippen MR) is 85.7 cm³/mol. The van der Waals surface area contributed by atoms with Gasteiger partial charge in [-0.1, -0.05) is 38.5 Å². The zero-order chi connectivity index (χ0) is 15.4. The van der Waals surface area contributed by atoms with Gasteiger partial charge in [-0.2, -0.15) is 0 Å². The van der Waals surface area contributed by atoms with E-state index < -0.39 is 0 Å². The molecule has 0 aromatic heterocycles. The molecule has 3 rings (SSSR count). The average molecular weight is 307 g/mol. The quantitative estimate of drug-likeness (QED) is 0.838. The zero-order valence-corrected chi connectivity index (χ0v) is 13.5. The van der Waals surface area contributed by atoms with E-state index in [-0.39, 0.29) is 18.1 Å². The highest BCUT2D eigenvalue weighted by molar-refractivity contribution is 5.93. The molecule has 0 aromatic carbocycles. The monoisotopic (exact) mass is 307 g/mol. The Morgan fingerprint density at radius 2 is 1.23 bits per heavy atom. The summed E-state index contributed by atoms with van der Waals surface area (Å²) in [5.74, 6) is 0. The number of rotatable bonds is 3. The summed E-state index contributed by atoms with van der Waals surface area (Å²) in [5, 5.41) is 5.43. The average Bonchev–Trinajstić information content (AvgIpc) is 3.33. The fourth-order valence-electron chi connectivity index (χ4n) is 3.96. The summed E-state index contributed by atoms with van der Waals surface area (Å²) < 4.78 is 0. The van der Waals surface area contributed by atoms with Crippen LogP contribution in [-0.4, -0.2) is 35.1 Å². The van der Waals surface area contributed by atoms with Gasteiger partial charge in [-0.25, -0.2) is 9.59 Å². The summed E-state index contributed by atoms with van der Waals surface area (Å²) in [7, 11) is 0. The molecule has 0 bridgehead atoms. The van der Waals surface area contributed by atoms with Crippen LogP contribution >= 0.6 is 0 Å². The predicted octanol–water partition coefficient (Wildman–Crippen LogP) is 3.54. The second kappa shape index (κ2) is 7.34. The molecule has 3 aliphatic rings. The van der Waals surface area contributed by atoms with Crippen LogP contribution in [0.5, 0.6) is 0 Å². The normalized spacial score (nSPS) is 23.8. The van der Waals surface area contributed by atoms with Crippen LogP contribution in [0.4, 0.5) is 9.59 Å². The zero-order valence-electron chi connectivity index (χ0n) is 13.5. The van der Waals surface area contributed by atoms with Crippen molar-refractivity contribution in [2.45, 2.75) is 95.2 Å². The van der Waals surface area contributed by atoms with Crippen LogP contribution in [0.15, 0.2) is 0 Å². The molecule has 0 atom stereocenters. The van der Waals surface area contributed by atoms with E-state index in [1.807, 2.05) is 4.90 Å². The van der Waals surface area contributed by atoms with Gasteiger partial charge < -0.3 is 10.2 Å². The maximum Gasteiger partial charge on any atom is 0.325 e. The Kier molecular flexibility index (Phi) is 5.21. The van der Waals surface area contributed by atoms with Crippen LogP contribution in [0.3, 0.4) is 0 Å². The van der Waals surface area contributed by atoms with Crippen LogP contribution < -0.4 is 10.6 Å². The van der Waals surface area contributed by atoms with Gasteiger partial charge in [0.1, 0.15) is 0 Å². The van der Waals surface area contributed by atoms with Crippen molar-refractivity contribution in [3.63, 3.8) is 0 Å². The second-order valence-electron chi connectivity index (χ2n) is 7.17. The maximum atomic E-state index is 12.7. The Morgan fingerprint density at radius 3 is 1.68 bits per heavy atom. The highest BCUT2D eigenvalue weighted by Gasteiger charge is 2.33. The number of urea groups is 2. The van der Waals surface area contributed by atoms with Crippen LogP contribution in [0.2, 0.25) is 0 Å². The molecule has 0 aliphatic heterocycles. The first-order valence-corrected chi connectivity index (χ1v) is 9.14. The summed E-state index contributed by atoms with van der Waals surface area (Å²) >= 11 is 0. The topological polar surface area (TPSA) is 61.4 Å². The molecule has 3 saturated carbocycles. The van der Waals surface area contributed by atoms with Crippen molar-refractivity contribution in [3.05, 3.63) is 0 Å². The molecular formula is C17H29N3O2. The Labute approximate surface area is 133 Å². The van der Waals surface area contributed by atoms with Crippen molar-refractivity contribution >= 4 is 12.1 Å². The molecule has 0 spiro atoms. The van der Waals surface area contributed by atoms with Gasteiger partial charge in [-0.05, 0) is 38.5 Å². The molecule has 3 fully saturated rings. The summed E-state index contributed by atoms with van der Waals surface area (Å²) in [6, 6.07) is 0.447. The molecule has 124 valence electrons. The van der Waals surface area contributed by atoms with Crippen molar-refractivity contribution in [1.29, 1.82) is 0 Å². The van der Waals surface area contributed by atoms with E-state index >= 15 is 0 Å². The third-order valence-electron chi connectivity index (χ3n) is 5.30. The Bertz CT molecular complexity index is 379. The van der Waals surface area contributed by atoms with Crippen LogP contribution in [0, 0.1) is 0 Å². The molecule has 0 saturated heterocycles. The Hall–Kier alpha value is -1.26. The first kappa shape index (κ1) is 15.6. The molecule has 2 N–H and O–H groups in total. The molecule has 0 heterocycles. The van der Waals surface area contributed by atoms with E-state index in [0.29, 0.717) is 12.1 Å². The van der Waals surface area contributed by atoms with Gasteiger partial charge in [-0.15, -0.1) is 0 Å². The van der Waals surface area contributed by atoms with Crippen LogP contribution in [0.25, 0.3) is 0 Å². The lowest BCUT2D eigenvalue weighted by Crippen LogP contribution is -2.55. The first-order valence-electron chi connectivity index (χ1n) is 9.14. The highest BCUT2D eigenvalue weighted by Crippen LogP contribution is 2.30. The molecule has 5 heteroatoms. The molecule has 3 aliphatic carbocycles.